The summed E-state index contributed by atoms with van der Waals surface area (Å²) in [5, 5.41) is 29.0. The Kier molecular flexibility index (Phi) is 4.84. The summed E-state index contributed by atoms with van der Waals surface area (Å²) in [4.78, 5) is 10.5. The molecule has 1 N–H and O–H groups in total. The zero-order chi connectivity index (χ0) is 16.9. The molecule has 24 heavy (non-hydrogen) atoms. The maximum absolute atomic E-state index is 11.0. The van der Waals surface area contributed by atoms with Gasteiger partial charge in [-0.3, -0.25) is 10.1 Å². The average Bonchev–Trinajstić information content (AvgIpc) is 2.62. The average molecular weight is 325 g/mol. The van der Waals surface area contributed by atoms with Crippen molar-refractivity contribution in [2.75, 3.05) is 0 Å². The maximum atomic E-state index is 11.0. The molecule has 1 saturated carbocycles. The summed E-state index contributed by atoms with van der Waals surface area (Å²) in [7, 11) is 0. The largest absolute Gasteiger partial charge is 0.506 e. The third-order valence-electron chi connectivity index (χ3n) is 4.42. The molecule has 2 aromatic rings. The van der Waals surface area contributed by atoms with Gasteiger partial charge in [-0.2, -0.15) is 0 Å². The number of para-hydroxylation sites is 1. The van der Waals surface area contributed by atoms with Crippen LogP contribution >= 0.6 is 0 Å². The van der Waals surface area contributed by atoms with Crippen molar-refractivity contribution >= 4 is 17.1 Å². The van der Waals surface area contributed by atoms with Crippen LogP contribution in [0.15, 0.2) is 52.7 Å². The fraction of sp³-hybridized carbons (Fsp3) is 0.333. The van der Waals surface area contributed by atoms with Gasteiger partial charge in [-0.15, -0.1) is 10.2 Å². The number of nitro groups is 1. The lowest BCUT2D eigenvalue weighted by Crippen LogP contribution is -2.04. The van der Waals surface area contributed by atoms with Gasteiger partial charge in [0, 0.05) is 6.07 Å². The molecule has 0 unspecified atom stereocenters. The number of nitrogens with zero attached hydrogens (tertiary/aromatic N) is 3. The van der Waals surface area contributed by atoms with Crippen molar-refractivity contribution in [3.63, 3.8) is 0 Å². The molecule has 0 atom stereocenters. The summed E-state index contributed by atoms with van der Waals surface area (Å²) >= 11 is 0. The molecule has 0 heterocycles. The smallest absolute Gasteiger partial charge is 0.296 e. The van der Waals surface area contributed by atoms with E-state index in [1.165, 1.54) is 31.4 Å². The molecule has 3 rings (SSSR count). The van der Waals surface area contributed by atoms with Gasteiger partial charge in [0.1, 0.15) is 11.4 Å². The molecule has 6 nitrogen and oxygen atoms in total. The maximum Gasteiger partial charge on any atom is 0.296 e. The Hall–Kier alpha value is -2.76. The molecule has 0 amide bonds. The number of nitro benzene ring substituents is 1. The fourth-order valence-corrected chi connectivity index (χ4v) is 3.12. The van der Waals surface area contributed by atoms with E-state index in [1.807, 2.05) is 12.1 Å². The Bertz CT molecular complexity index is 768. The number of phenols is 1. The lowest BCUT2D eigenvalue weighted by Gasteiger charge is -2.22. The predicted octanol–water partition coefficient (Wildman–Crippen LogP) is 5.76. The van der Waals surface area contributed by atoms with Gasteiger partial charge < -0.3 is 5.11 Å². The van der Waals surface area contributed by atoms with E-state index in [-0.39, 0.29) is 17.1 Å². The second-order valence-corrected chi connectivity index (χ2v) is 6.03. The number of rotatable bonds is 4. The molecular formula is C18H19N3O3. The van der Waals surface area contributed by atoms with E-state index < -0.39 is 4.92 Å². The second-order valence-electron chi connectivity index (χ2n) is 6.03. The summed E-state index contributed by atoms with van der Waals surface area (Å²) < 4.78 is 0. The van der Waals surface area contributed by atoms with Crippen LogP contribution in [0.5, 0.6) is 5.75 Å². The molecule has 0 spiro atoms. The molecular weight excluding hydrogens is 306 g/mol. The van der Waals surface area contributed by atoms with E-state index >= 15 is 0 Å². The van der Waals surface area contributed by atoms with E-state index in [9.17, 15) is 15.2 Å². The molecule has 0 aromatic heterocycles. The topological polar surface area (TPSA) is 88.1 Å². The van der Waals surface area contributed by atoms with Crippen LogP contribution in [0.2, 0.25) is 0 Å². The van der Waals surface area contributed by atoms with Gasteiger partial charge in [-0.05, 0) is 42.5 Å². The summed E-state index contributed by atoms with van der Waals surface area (Å²) in [6.07, 6.45) is 6.01. The molecule has 6 heteroatoms. The van der Waals surface area contributed by atoms with Crippen molar-refractivity contribution in [1.29, 1.82) is 0 Å². The number of benzene rings is 2. The molecule has 0 radical (unpaired) electrons. The Labute approximate surface area is 140 Å². The first-order valence-electron chi connectivity index (χ1n) is 8.13. The predicted molar refractivity (Wildman–Crippen MR) is 91.2 cm³/mol. The van der Waals surface area contributed by atoms with Crippen molar-refractivity contribution in [1.82, 2.24) is 0 Å². The Balaban J connectivity index is 1.88. The highest BCUT2D eigenvalue weighted by Crippen LogP contribution is 2.38. The first kappa shape index (κ1) is 16.1. The van der Waals surface area contributed by atoms with Gasteiger partial charge in [-0.1, -0.05) is 37.5 Å². The fourth-order valence-electron chi connectivity index (χ4n) is 3.12. The molecule has 1 aliphatic rings. The molecule has 0 aliphatic heterocycles. The van der Waals surface area contributed by atoms with Crippen molar-refractivity contribution in [2.45, 2.75) is 38.0 Å². The van der Waals surface area contributed by atoms with Crippen molar-refractivity contribution in [3.8, 4) is 5.75 Å². The van der Waals surface area contributed by atoms with Crippen LogP contribution in [-0.4, -0.2) is 10.0 Å². The first-order chi connectivity index (χ1) is 11.6. The van der Waals surface area contributed by atoms with Crippen molar-refractivity contribution < 1.29 is 10.0 Å². The highest BCUT2D eigenvalue weighted by atomic mass is 16.6. The van der Waals surface area contributed by atoms with Gasteiger partial charge >= 0.3 is 0 Å². The van der Waals surface area contributed by atoms with Gasteiger partial charge in [0.25, 0.3) is 5.69 Å². The summed E-state index contributed by atoms with van der Waals surface area (Å²) in [6, 6.07) is 11.5. The van der Waals surface area contributed by atoms with E-state index in [0.29, 0.717) is 11.6 Å². The molecule has 1 aliphatic carbocycles. The molecule has 1 fully saturated rings. The van der Waals surface area contributed by atoms with Crippen LogP contribution in [-0.2, 0) is 0 Å². The summed E-state index contributed by atoms with van der Waals surface area (Å²) in [5.74, 6) is 0.510. The van der Waals surface area contributed by atoms with Crippen LogP contribution in [0, 0.1) is 10.1 Å². The molecule has 124 valence electrons. The number of hydrogen-bond donors (Lipinski definition) is 1. The van der Waals surface area contributed by atoms with Crippen LogP contribution in [0.25, 0.3) is 0 Å². The lowest BCUT2D eigenvalue weighted by molar-refractivity contribution is -0.384. The third-order valence-corrected chi connectivity index (χ3v) is 4.42. The summed E-state index contributed by atoms with van der Waals surface area (Å²) in [6.45, 7) is 0. The lowest BCUT2D eigenvalue weighted by atomic mass is 9.84. The highest BCUT2D eigenvalue weighted by Gasteiger charge is 2.17. The van der Waals surface area contributed by atoms with Crippen LogP contribution < -0.4 is 0 Å². The van der Waals surface area contributed by atoms with Crippen LogP contribution in [0.1, 0.15) is 43.6 Å². The Morgan fingerprint density at radius 2 is 1.71 bits per heavy atom. The highest BCUT2D eigenvalue weighted by molar-refractivity contribution is 5.58. The zero-order valence-corrected chi connectivity index (χ0v) is 13.3. The minimum Gasteiger partial charge on any atom is -0.506 e. The standard InChI is InChI=1S/C18H19N3O3/c22-18-11-10-14(13-6-2-1-3-7-13)12-16(18)20-19-15-8-4-5-9-17(15)21(23)24/h4-5,8-13,22H,1-3,6-7H2. The SMILES string of the molecule is O=[N+]([O-])c1ccccc1N=Nc1cc(C2CCCCC2)ccc1O. The van der Waals surface area contributed by atoms with E-state index in [2.05, 4.69) is 10.2 Å². The van der Waals surface area contributed by atoms with Gasteiger partial charge in [0.05, 0.1) is 4.92 Å². The normalized spacial score (nSPS) is 15.7. The third kappa shape index (κ3) is 3.59. The van der Waals surface area contributed by atoms with Gasteiger partial charge in [-0.25, -0.2) is 0 Å². The minimum absolute atomic E-state index is 0.0249. The van der Waals surface area contributed by atoms with Crippen LogP contribution in [0.4, 0.5) is 17.1 Å². The molecule has 0 saturated heterocycles. The van der Waals surface area contributed by atoms with Crippen molar-refractivity contribution in [3.05, 3.63) is 58.1 Å². The number of phenolic OH excluding ortho intramolecular Hbond substituents is 1. The minimum atomic E-state index is -0.493. The number of hydrogen-bond acceptors (Lipinski definition) is 5. The molecule has 2 aromatic carbocycles. The van der Waals surface area contributed by atoms with E-state index in [4.69, 9.17) is 0 Å². The molecule has 0 bridgehead atoms. The van der Waals surface area contributed by atoms with E-state index in [0.717, 1.165) is 18.4 Å². The van der Waals surface area contributed by atoms with Crippen molar-refractivity contribution in [2.24, 2.45) is 10.2 Å². The monoisotopic (exact) mass is 325 g/mol. The number of azo groups is 1. The zero-order valence-electron chi connectivity index (χ0n) is 13.3. The first-order valence-corrected chi connectivity index (χ1v) is 8.13. The quantitative estimate of drug-likeness (QED) is 0.440. The van der Waals surface area contributed by atoms with Gasteiger partial charge in [0.2, 0.25) is 0 Å². The Morgan fingerprint density at radius 3 is 2.46 bits per heavy atom. The second kappa shape index (κ2) is 7.21. The summed E-state index contributed by atoms with van der Waals surface area (Å²) in [5.41, 5.74) is 1.55. The van der Waals surface area contributed by atoms with Gasteiger partial charge in [0.15, 0.2) is 5.69 Å². The van der Waals surface area contributed by atoms with E-state index in [1.54, 1.807) is 18.2 Å². The Morgan fingerprint density at radius 1 is 1.00 bits per heavy atom. The van der Waals surface area contributed by atoms with Crippen LogP contribution in [0.3, 0.4) is 0 Å². The number of aromatic hydroxyl groups is 1.